The van der Waals surface area contributed by atoms with Gasteiger partial charge in [0, 0.05) is 0 Å². The molecule has 2 atom stereocenters. The summed E-state index contributed by atoms with van der Waals surface area (Å²) in [7, 11) is -3.74. The predicted octanol–water partition coefficient (Wildman–Crippen LogP) is 3.01. The van der Waals surface area contributed by atoms with Gasteiger partial charge in [-0.25, -0.2) is 12.8 Å². The van der Waals surface area contributed by atoms with Crippen LogP contribution in [0.5, 0.6) is 0 Å². The average Bonchev–Trinajstić information content (AvgIpc) is 2.54. The van der Waals surface area contributed by atoms with Gasteiger partial charge in [0.15, 0.2) is 9.84 Å². The minimum Gasteiger partial charge on any atom is -0.348 e. The Balaban J connectivity index is 2.06. The second-order valence-electron chi connectivity index (χ2n) is 5.72. The van der Waals surface area contributed by atoms with Crippen LogP contribution >= 0.6 is 0 Å². The Labute approximate surface area is 141 Å². The molecule has 0 heterocycles. The van der Waals surface area contributed by atoms with E-state index in [4.69, 9.17) is 0 Å². The van der Waals surface area contributed by atoms with Crippen molar-refractivity contribution in [2.45, 2.75) is 30.9 Å². The Kier molecular flexibility index (Phi) is 5.72. The number of sulfone groups is 1. The minimum absolute atomic E-state index is 0.300. The normalized spacial score (nSPS) is 14.0. The molecular formula is C18H20FNO3S. The first-order valence-corrected chi connectivity index (χ1v) is 9.32. The molecule has 2 aromatic carbocycles. The molecule has 4 nitrogen and oxygen atoms in total. The van der Waals surface area contributed by atoms with E-state index in [-0.39, 0.29) is 11.8 Å². The molecule has 1 amide bonds. The summed E-state index contributed by atoms with van der Waals surface area (Å²) in [6.07, 6.45) is 0. The van der Waals surface area contributed by atoms with Gasteiger partial charge in [0.2, 0.25) is 5.91 Å². The van der Waals surface area contributed by atoms with E-state index in [9.17, 15) is 17.6 Å². The molecule has 0 spiro atoms. The van der Waals surface area contributed by atoms with Crippen molar-refractivity contribution in [1.82, 2.24) is 5.32 Å². The third-order valence-corrected chi connectivity index (χ3v) is 5.85. The van der Waals surface area contributed by atoms with E-state index in [1.165, 1.54) is 25.1 Å². The van der Waals surface area contributed by atoms with E-state index in [2.05, 4.69) is 5.32 Å². The molecule has 1 N–H and O–H groups in total. The lowest BCUT2D eigenvalue weighted by Crippen LogP contribution is -2.39. The molecule has 24 heavy (non-hydrogen) atoms. The molecule has 128 valence electrons. The van der Waals surface area contributed by atoms with Crippen LogP contribution in [0.15, 0.2) is 54.6 Å². The monoisotopic (exact) mass is 349 g/mol. The zero-order valence-electron chi connectivity index (χ0n) is 13.6. The number of halogens is 1. The van der Waals surface area contributed by atoms with Crippen molar-refractivity contribution in [3.8, 4) is 0 Å². The number of benzene rings is 2. The Morgan fingerprint density at radius 2 is 1.75 bits per heavy atom. The molecule has 0 aliphatic heterocycles. The highest BCUT2D eigenvalue weighted by molar-refractivity contribution is 7.92. The fraction of sp³-hybridized carbons (Fsp3) is 0.278. The molecule has 0 radical (unpaired) electrons. The maximum atomic E-state index is 13.2. The first-order valence-electron chi connectivity index (χ1n) is 7.61. The fourth-order valence-electron chi connectivity index (χ4n) is 2.30. The summed E-state index contributed by atoms with van der Waals surface area (Å²) < 4.78 is 38.0. The number of hydrogen-bond acceptors (Lipinski definition) is 3. The zero-order chi connectivity index (χ0) is 17.7. The largest absolute Gasteiger partial charge is 0.348 e. The lowest BCUT2D eigenvalue weighted by Gasteiger charge is -2.18. The van der Waals surface area contributed by atoms with E-state index in [1.807, 2.05) is 30.3 Å². The lowest BCUT2D eigenvalue weighted by atomic mass is 10.1. The van der Waals surface area contributed by atoms with Gasteiger partial charge >= 0.3 is 0 Å². The molecule has 0 unspecified atom stereocenters. The lowest BCUT2D eigenvalue weighted by molar-refractivity contribution is -0.121. The number of carbonyl (C=O) groups excluding carboxylic acids is 1. The van der Waals surface area contributed by atoms with Crippen LogP contribution in [0.1, 0.15) is 31.0 Å². The molecule has 2 rings (SSSR count). The Hall–Kier alpha value is -2.21. The highest BCUT2D eigenvalue weighted by atomic mass is 32.2. The molecule has 0 saturated heterocycles. The Morgan fingerprint density at radius 3 is 2.38 bits per heavy atom. The summed E-state index contributed by atoms with van der Waals surface area (Å²) in [6, 6.07) is 14.4. The van der Waals surface area contributed by atoms with Crippen LogP contribution in [-0.2, 0) is 20.4 Å². The van der Waals surface area contributed by atoms with E-state index in [0.29, 0.717) is 5.56 Å². The topological polar surface area (TPSA) is 63.2 Å². The van der Waals surface area contributed by atoms with E-state index in [1.54, 1.807) is 6.92 Å². The first kappa shape index (κ1) is 18.1. The Morgan fingerprint density at radius 1 is 1.08 bits per heavy atom. The molecule has 0 aliphatic carbocycles. The van der Waals surface area contributed by atoms with Crippen LogP contribution in [0, 0.1) is 5.82 Å². The van der Waals surface area contributed by atoms with Crippen molar-refractivity contribution < 1.29 is 17.6 Å². The average molecular weight is 349 g/mol. The quantitative estimate of drug-likeness (QED) is 0.872. The van der Waals surface area contributed by atoms with Crippen molar-refractivity contribution in [2.75, 3.05) is 0 Å². The van der Waals surface area contributed by atoms with Gasteiger partial charge in [0.05, 0.1) is 11.8 Å². The zero-order valence-corrected chi connectivity index (χ0v) is 14.4. The van der Waals surface area contributed by atoms with Gasteiger partial charge in [-0.3, -0.25) is 4.79 Å². The summed E-state index contributed by atoms with van der Waals surface area (Å²) in [6.45, 7) is 3.14. The summed E-state index contributed by atoms with van der Waals surface area (Å²) in [4.78, 5) is 12.3. The number of hydrogen-bond donors (Lipinski definition) is 1. The second-order valence-corrected chi connectivity index (χ2v) is 8.04. The second kappa shape index (κ2) is 7.57. The molecule has 0 saturated carbocycles. The van der Waals surface area contributed by atoms with Gasteiger partial charge in [0.25, 0.3) is 0 Å². The van der Waals surface area contributed by atoms with Gasteiger partial charge in [-0.2, -0.15) is 0 Å². The van der Waals surface area contributed by atoms with Crippen molar-refractivity contribution >= 4 is 15.7 Å². The fourth-order valence-corrected chi connectivity index (χ4v) is 3.59. The summed E-state index contributed by atoms with van der Waals surface area (Å²) >= 11 is 0. The third-order valence-electron chi connectivity index (χ3n) is 3.82. The number of rotatable bonds is 6. The third kappa shape index (κ3) is 4.64. The maximum Gasteiger partial charge on any atom is 0.238 e. The van der Waals surface area contributed by atoms with Crippen molar-refractivity contribution in [3.63, 3.8) is 0 Å². The highest BCUT2D eigenvalue weighted by Gasteiger charge is 2.29. The van der Waals surface area contributed by atoms with E-state index in [0.717, 1.165) is 11.6 Å². The smallest absolute Gasteiger partial charge is 0.238 e. The van der Waals surface area contributed by atoms with Gasteiger partial charge in [-0.05, 0) is 37.1 Å². The van der Waals surface area contributed by atoms with Crippen LogP contribution in [0.4, 0.5) is 4.39 Å². The van der Waals surface area contributed by atoms with Crippen molar-refractivity contribution in [2.24, 2.45) is 0 Å². The van der Waals surface area contributed by atoms with Crippen LogP contribution in [0.2, 0.25) is 0 Å². The van der Waals surface area contributed by atoms with Crippen LogP contribution in [0.25, 0.3) is 0 Å². The molecular weight excluding hydrogens is 329 g/mol. The number of carbonyl (C=O) groups is 1. The number of amides is 1. The van der Waals surface area contributed by atoms with E-state index < -0.39 is 26.8 Å². The van der Waals surface area contributed by atoms with Gasteiger partial charge in [-0.15, -0.1) is 0 Å². The number of nitrogens with one attached hydrogen (secondary N) is 1. The standard InChI is InChI=1S/C18H20FNO3S/c1-13(16-8-4-3-5-9-16)20-18(21)14(2)24(22,23)12-15-7-6-10-17(19)11-15/h3-11,13-14H,12H2,1-2H3,(H,20,21)/t13-,14+/m1/s1. The molecule has 6 heteroatoms. The van der Waals surface area contributed by atoms with Crippen LogP contribution in [0.3, 0.4) is 0 Å². The molecule has 0 bridgehead atoms. The molecule has 0 aromatic heterocycles. The SMILES string of the molecule is C[C@@H](NC(=O)[C@H](C)S(=O)(=O)Cc1cccc(F)c1)c1ccccc1. The molecule has 2 aromatic rings. The molecule has 0 aliphatic rings. The predicted molar refractivity (Wildman–Crippen MR) is 91.5 cm³/mol. The maximum absolute atomic E-state index is 13.2. The van der Waals surface area contributed by atoms with Gasteiger partial charge in [-0.1, -0.05) is 42.5 Å². The van der Waals surface area contributed by atoms with Crippen LogP contribution in [-0.4, -0.2) is 19.6 Å². The molecule has 0 fully saturated rings. The minimum atomic E-state index is -3.74. The van der Waals surface area contributed by atoms with Gasteiger partial charge < -0.3 is 5.32 Å². The highest BCUT2D eigenvalue weighted by Crippen LogP contribution is 2.15. The van der Waals surface area contributed by atoms with Gasteiger partial charge in [0.1, 0.15) is 11.1 Å². The summed E-state index contributed by atoms with van der Waals surface area (Å²) in [5, 5.41) is 1.49. The van der Waals surface area contributed by atoms with Crippen molar-refractivity contribution in [1.29, 1.82) is 0 Å². The first-order chi connectivity index (χ1) is 11.3. The van der Waals surface area contributed by atoms with E-state index >= 15 is 0 Å². The van der Waals surface area contributed by atoms with Crippen molar-refractivity contribution in [3.05, 3.63) is 71.5 Å². The summed E-state index contributed by atoms with van der Waals surface area (Å²) in [5.74, 6) is -1.45. The Bertz CT molecular complexity index is 806. The van der Waals surface area contributed by atoms with Crippen LogP contribution < -0.4 is 5.32 Å². The summed E-state index contributed by atoms with van der Waals surface area (Å²) in [5.41, 5.74) is 1.21.